The summed E-state index contributed by atoms with van der Waals surface area (Å²) >= 11 is 0. The van der Waals surface area contributed by atoms with Crippen molar-refractivity contribution in [2.24, 2.45) is 0 Å². The predicted octanol–water partition coefficient (Wildman–Crippen LogP) is 4.28. The molecular formula is C22H21N3O3. The lowest BCUT2D eigenvalue weighted by molar-refractivity contribution is -0.114. The fraction of sp³-hybridized carbons (Fsp3) is 0.136. The Balaban J connectivity index is 1.82. The molecule has 0 unspecified atom stereocenters. The molecule has 6 nitrogen and oxygen atoms in total. The Hall–Kier alpha value is -3.67. The summed E-state index contributed by atoms with van der Waals surface area (Å²) in [5.41, 5.74) is 3.95. The SMILES string of the molecule is COc1ccc(NC(=O)c2ccc(-c3ccccc3)nc2C)cc1NC(C)=O. The maximum Gasteiger partial charge on any atom is 0.257 e. The van der Waals surface area contributed by atoms with Crippen molar-refractivity contribution in [1.82, 2.24) is 4.98 Å². The number of hydrogen-bond donors (Lipinski definition) is 2. The highest BCUT2D eigenvalue weighted by Crippen LogP contribution is 2.28. The molecule has 0 saturated carbocycles. The molecule has 2 amide bonds. The molecule has 0 aliphatic carbocycles. The van der Waals surface area contributed by atoms with Crippen molar-refractivity contribution in [2.75, 3.05) is 17.7 Å². The minimum absolute atomic E-state index is 0.224. The summed E-state index contributed by atoms with van der Waals surface area (Å²) < 4.78 is 5.23. The molecule has 0 bridgehead atoms. The van der Waals surface area contributed by atoms with Crippen LogP contribution in [-0.2, 0) is 4.79 Å². The van der Waals surface area contributed by atoms with Gasteiger partial charge in [0.15, 0.2) is 0 Å². The predicted molar refractivity (Wildman–Crippen MR) is 110 cm³/mol. The average molecular weight is 375 g/mol. The second kappa shape index (κ2) is 8.35. The summed E-state index contributed by atoms with van der Waals surface area (Å²) in [6.45, 7) is 3.21. The Morgan fingerprint density at radius 2 is 1.71 bits per heavy atom. The highest BCUT2D eigenvalue weighted by Gasteiger charge is 2.13. The molecule has 2 N–H and O–H groups in total. The van der Waals surface area contributed by atoms with Crippen molar-refractivity contribution in [3.8, 4) is 17.0 Å². The third kappa shape index (κ3) is 4.35. The third-order valence-electron chi connectivity index (χ3n) is 4.17. The van der Waals surface area contributed by atoms with Crippen molar-refractivity contribution >= 4 is 23.2 Å². The molecule has 0 aliphatic rings. The summed E-state index contributed by atoms with van der Waals surface area (Å²) in [5, 5.41) is 5.52. The first-order valence-corrected chi connectivity index (χ1v) is 8.78. The molecule has 0 fully saturated rings. The molecule has 142 valence electrons. The van der Waals surface area contributed by atoms with Gasteiger partial charge in [-0.2, -0.15) is 0 Å². The Morgan fingerprint density at radius 3 is 2.36 bits per heavy atom. The number of amides is 2. The lowest BCUT2D eigenvalue weighted by Gasteiger charge is -2.13. The second-order valence-electron chi connectivity index (χ2n) is 6.25. The number of carbonyl (C=O) groups is 2. The summed E-state index contributed by atoms with van der Waals surface area (Å²) in [7, 11) is 1.52. The molecule has 0 atom stereocenters. The minimum Gasteiger partial charge on any atom is -0.495 e. The smallest absolute Gasteiger partial charge is 0.257 e. The van der Waals surface area contributed by atoms with Crippen LogP contribution in [0.2, 0.25) is 0 Å². The van der Waals surface area contributed by atoms with E-state index in [-0.39, 0.29) is 11.8 Å². The molecule has 0 saturated heterocycles. The number of benzene rings is 2. The molecule has 0 aliphatic heterocycles. The van der Waals surface area contributed by atoms with E-state index in [2.05, 4.69) is 15.6 Å². The highest BCUT2D eigenvalue weighted by molar-refractivity contribution is 6.05. The quantitative estimate of drug-likeness (QED) is 0.698. The van der Waals surface area contributed by atoms with E-state index >= 15 is 0 Å². The van der Waals surface area contributed by atoms with E-state index in [1.165, 1.54) is 14.0 Å². The van der Waals surface area contributed by atoms with E-state index in [1.807, 2.05) is 36.4 Å². The zero-order chi connectivity index (χ0) is 20.1. The second-order valence-corrected chi connectivity index (χ2v) is 6.25. The Bertz CT molecular complexity index is 1020. The van der Waals surface area contributed by atoms with Crippen molar-refractivity contribution in [2.45, 2.75) is 13.8 Å². The van der Waals surface area contributed by atoms with Crippen LogP contribution >= 0.6 is 0 Å². The van der Waals surface area contributed by atoms with Crippen LogP contribution in [0, 0.1) is 6.92 Å². The minimum atomic E-state index is -0.274. The molecule has 1 aromatic heterocycles. The van der Waals surface area contributed by atoms with E-state index in [1.54, 1.807) is 31.2 Å². The van der Waals surface area contributed by atoms with Crippen molar-refractivity contribution < 1.29 is 14.3 Å². The molecule has 0 radical (unpaired) electrons. The van der Waals surface area contributed by atoms with Gasteiger partial charge in [-0.25, -0.2) is 0 Å². The Labute approximate surface area is 163 Å². The number of carbonyl (C=O) groups excluding carboxylic acids is 2. The number of aryl methyl sites for hydroxylation is 1. The van der Waals surface area contributed by atoms with Crippen molar-refractivity contribution in [3.05, 3.63) is 71.9 Å². The van der Waals surface area contributed by atoms with Gasteiger partial charge in [0.2, 0.25) is 5.91 Å². The van der Waals surface area contributed by atoms with Gasteiger partial charge in [0.1, 0.15) is 5.75 Å². The van der Waals surface area contributed by atoms with Crippen LogP contribution in [0.15, 0.2) is 60.7 Å². The monoisotopic (exact) mass is 375 g/mol. The summed E-state index contributed by atoms with van der Waals surface area (Å²) in [4.78, 5) is 28.6. The fourth-order valence-electron chi connectivity index (χ4n) is 2.84. The van der Waals surface area contributed by atoms with Gasteiger partial charge < -0.3 is 15.4 Å². The summed E-state index contributed by atoms with van der Waals surface area (Å²) in [6.07, 6.45) is 0. The Kier molecular flexibility index (Phi) is 5.69. The van der Waals surface area contributed by atoms with Crippen LogP contribution in [0.3, 0.4) is 0 Å². The maximum atomic E-state index is 12.7. The van der Waals surface area contributed by atoms with Crippen LogP contribution < -0.4 is 15.4 Å². The zero-order valence-corrected chi connectivity index (χ0v) is 15.9. The first-order valence-electron chi connectivity index (χ1n) is 8.78. The number of anilines is 2. The van der Waals surface area contributed by atoms with Crippen LogP contribution in [0.25, 0.3) is 11.3 Å². The fourth-order valence-corrected chi connectivity index (χ4v) is 2.84. The number of pyridine rings is 1. The summed E-state index contributed by atoms with van der Waals surface area (Å²) in [6, 6.07) is 18.4. The number of rotatable bonds is 5. The van der Waals surface area contributed by atoms with Gasteiger partial charge in [-0.3, -0.25) is 14.6 Å². The molecule has 1 heterocycles. The normalized spacial score (nSPS) is 10.2. The number of ether oxygens (including phenoxy) is 1. The number of methoxy groups -OCH3 is 1. The molecule has 3 aromatic rings. The maximum absolute atomic E-state index is 12.7. The standard InChI is InChI=1S/C22H21N3O3/c1-14-18(10-11-19(23-14)16-7-5-4-6-8-16)22(27)25-17-9-12-21(28-3)20(13-17)24-15(2)26/h4-13H,1-3H3,(H,24,26)(H,25,27). The third-order valence-corrected chi connectivity index (χ3v) is 4.17. The van der Waals surface area contributed by atoms with E-state index in [0.29, 0.717) is 28.4 Å². The number of aromatic nitrogens is 1. The van der Waals surface area contributed by atoms with Crippen LogP contribution in [0.1, 0.15) is 23.0 Å². The lowest BCUT2D eigenvalue weighted by atomic mass is 10.1. The van der Waals surface area contributed by atoms with Crippen LogP contribution in [0.5, 0.6) is 5.75 Å². The molecule has 3 rings (SSSR count). The lowest BCUT2D eigenvalue weighted by Crippen LogP contribution is -2.15. The van der Waals surface area contributed by atoms with E-state index < -0.39 is 0 Å². The van der Waals surface area contributed by atoms with Gasteiger partial charge in [-0.15, -0.1) is 0 Å². The zero-order valence-electron chi connectivity index (χ0n) is 15.9. The first kappa shape index (κ1) is 19.1. The molecule has 2 aromatic carbocycles. The average Bonchev–Trinajstić information content (AvgIpc) is 2.68. The highest BCUT2D eigenvalue weighted by atomic mass is 16.5. The van der Waals surface area contributed by atoms with Gasteiger partial charge in [0.05, 0.1) is 29.7 Å². The number of hydrogen-bond acceptors (Lipinski definition) is 4. The van der Waals surface area contributed by atoms with Gasteiger partial charge in [-0.05, 0) is 37.3 Å². The molecule has 28 heavy (non-hydrogen) atoms. The van der Waals surface area contributed by atoms with Gasteiger partial charge in [0, 0.05) is 18.2 Å². The van der Waals surface area contributed by atoms with Crippen LogP contribution in [-0.4, -0.2) is 23.9 Å². The van der Waals surface area contributed by atoms with Gasteiger partial charge in [0.25, 0.3) is 5.91 Å². The number of nitrogens with one attached hydrogen (secondary N) is 2. The van der Waals surface area contributed by atoms with E-state index in [9.17, 15) is 9.59 Å². The largest absolute Gasteiger partial charge is 0.495 e. The number of nitrogens with zero attached hydrogens (tertiary/aromatic N) is 1. The topological polar surface area (TPSA) is 80.3 Å². The molecule has 6 heteroatoms. The van der Waals surface area contributed by atoms with Gasteiger partial charge in [-0.1, -0.05) is 30.3 Å². The van der Waals surface area contributed by atoms with E-state index in [0.717, 1.165) is 11.3 Å². The molecular weight excluding hydrogens is 354 g/mol. The molecule has 0 spiro atoms. The van der Waals surface area contributed by atoms with Crippen molar-refractivity contribution in [1.29, 1.82) is 0 Å². The van der Waals surface area contributed by atoms with Crippen molar-refractivity contribution in [3.63, 3.8) is 0 Å². The van der Waals surface area contributed by atoms with Crippen LogP contribution in [0.4, 0.5) is 11.4 Å². The first-order chi connectivity index (χ1) is 13.5. The van der Waals surface area contributed by atoms with Gasteiger partial charge >= 0.3 is 0 Å². The Morgan fingerprint density at radius 1 is 0.964 bits per heavy atom. The van der Waals surface area contributed by atoms with E-state index in [4.69, 9.17) is 4.74 Å². The summed E-state index contributed by atoms with van der Waals surface area (Å²) in [5.74, 6) is 0.0140.